The number of carbonyl (C=O) groups is 3. The van der Waals surface area contributed by atoms with E-state index in [1.54, 1.807) is 4.90 Å². The second-order valence-corrected chi connectivity index (χ2v) is 8.55. The van der Waals surface area contributed by atoms with Crippen molar-refractivity contribution in [3.8, 4) is 0 Å². The third-order valence-electron chi connectivity index (χ3n) is 5.36. The van der Waals surface area contributed by atoms with Gasteiger partial charge in [0.25, 0.3) is 0 Å². The lowest BCUT2D eigenvalue weighted by atomic mass is 10.1. The minimum Gasteiger partial charge on any atom is -0.339 e. The van der Waals surface area contributed by atoms with Gasteiger partial charge in [-0.1, -0.05) is 41.7 Å². The van der Waals surface area contributed by atoms with Gasteiger partial charge in [0.15, 0.2) is 0 Å². The van der Waals surface area contributed by atoms with E-state index >= 15 is 0 Å². The van der Waals surface area contributed by atoms with Crippen LogP contribution in [-0.4, -0.2) is 70.4 Å². The predicted octanol–water partition coefficient (Wildman–Crippen LogP) is 1.11. The van der Waals surface area contributed by atoms with Crippen LogP contribution in [0.4, 0.5) is 5.13 Å². The van der Waals surface area contributed by atoms with E-state index in [9.17, 15) is 14.4 Å². The largest absolute Gasteiger partial charge is 0.339 e. The van der Waals surface area contributed by atoms with Crippen molar-refractivity contribution in [3.63, 3.8) is 0 Å². The zero-order valence-electron chi connectivity index (χ0n) is 16.3. The standard InChI is InChI=1S/C20H23N5O3S/c1-14-21-22-20(29-14)25-12-16(11-17(25)26)19(28)24-10-9-23(18(27)13-24)8-7-15-5-3-2-4-6-15/h2-6,16H,7-13H2,1H3. The molecule has 3 heterocycles. The average Bonchev–Trinajstić information content (AvgIpc) is 3.32. The van der Waals surface area contributed by atoms with Crippen LogP contribution in [0, 0.1) is 12.8 Å². The summed E-state index contributed by atoms with van der Waals surface area (Å²) in [5, 5.41) is 9.26. The predicted molar refractivity (Wildman–Crippen MR) is 108 cm³/mol. The first kappa shape index (κ1) is 19.5. The fourth-order valence-electron chi connectivity index (χ4n) is 3.75. The highest BCUT2D eigenvalue weighted by atomic mass is 32.1. The highest BCUT2D eigenvalue weighted by molar-refractivity contribution is 7.15. The maximum Gasteiger partial charge on any atom is 0.242 e. The Bertz CT molecular complexity index is 916. The summed E-state index contributed by atoms with van der Waals surface area (Å²) in [6.45, 7) is 3.88. The minimum atomic E-state index is -0.435. The van der Waals surface area contributed by atoms with Gasteiger partial charge in [-0.25, -0.2) is 0 Å². The second-order valence-electron chi connectivity index (χ2n) is 7.39. The Balaban J connectivity index is 1.31. The average molecular weight is 414 g/mol. The van der Waals surface area contributed by atoms with E-state index in [2.05, 4.69) is 10.2 Å². The van der Waals surface area contributed by atoms with Gasteiger partial charge >= 0.3 is 0 Å². The number of aryl methyl sites for hydroxylation is 1. The molecule has 8 nitrogen and oxygen atoms in total. The molecule has 4 rings (SSSR count). The van der Waals surface area contributed by atoms with Crippen LogP contribution >= 0.6 is 11.3 Å². The normalized spacial score (nSPS) is 19.9. The molecule has 0 saturated carbocycles. The molecule has 2 aliphatic heterocycles. The van der Waals surface area contributed by atoms with Crippen LogP contribution in [0.1, 0.15) is 17.0 Å². The molecule has 0 N–H and O–H groups in total. The quantitative estimate of drug-likeness (QED) is 0.733. The van der Waals surface area contributed by atoms with Gasteiger partial charge in [-0.3, -0.25) is 19.3 Å². The maximum atomic E-state index is 12.9. The van der Waals surface area contributed by atoms with Crippen molar-refractivity contribution in [2.24, 2.45) is 5.92 Å². The third kappa shape index (κ3) is 4.29. The number of amides is 3. The number of hydrogen-bond donors (Lipinski definition) is 0. The van der Waals surface area contributed by atoms with E-state index in [1.165, 1.54) is 21.8 Å². The summed E-state index contributed by atoms with van der Waals surface area (Å²) < 4.78 is 0. The lowest BCUT2D eigenvalue weighted by molar-refractivity contribution is -0.147. The number of piperazine rings is 1. The summed E-state index contributed by atoms with van der Waals surface area (Å²) in [4.78, 5) is 42.7. The van der Waals surface area contributed by atoms with Crippen molar-refractivity contribution < 1.29 is 14.4 Å². The van der Waals surface area contributed by atoms with E-state index in [4.69, 9.17) is 0 Å². The summed E-state index contributed by atoms with van der Waals surface area (Å²) >= 11 is 1.34. The van der Waals surface area contributed by atoms with Crippen molar-refractivity contribution in [1.29, 1.82) is 0 Å². The van der Waals surface area contributed by atoms with Crippen LogP contribution in [0.3, 0.4) is 0 Å². The molecular formula is C20H23N5O3S. The summed E-state index contributed by atoms with van der Waals surface area (Å²) in [5.41, 5.74) is 1.19. The van der Waals surface area contributed by atoms with E-state index in [-0.39, 0.29) is 30.7 Å². The molecule has 9 heteroatoms. The van der Waals surface area contributed by atoms with Crippen LogP contribution in [0.2, 0.25) is 0 Å². The maximum absolute atomic E-state index is 12.9. The Labute approximate surface area is 173 Å². The SMILES string of the molecule is Cc1nnc(N2CC(C(=O)N3CCN(CCc4ccccc4)C(=O)C3)CC2=O)s1. The number of carbonyl (C=O) groups excluding carboxylic acids is 3. The van der Waals surface area contributed by atoms with Gasteiger partial charge < -0.3 is 9.80 Å². The van der Waals surface area contributed by atoms with Crippen molar-refractivity contribution in [2.45, 2.75) is 19.8 Å². The van der Waals surface area contributed by atoms with Gasteiger partial charge in [0.05, 0.1) is 12.5 Å². The number of hydrogen-bond acceptors (Lipinski definition) is 6. The smallest absolute Gasteiger partial charge is 0.242 e. The van der Waals surface area contributed by atoms with Crippen LogP contribution in [0.15, 0.2) is 30.3 Å². The highest BCUT2D eigenvalue weighted by Crippen LogP contribution is 2.28. The number of rotatable bonds is 5. The Morgan fingerprint density at radius 1 is 1.14 bits per heavy atom. The van der Waals surface area contributed by atoms with Gasteiger partial charge in [0, 0.05) is 32.6 Å². The van der Waals surface area contributed by atoms with Gasteiger partial charge in [-0.15, -0.1) is 10.2 Å². The van der Waals surface area contributed by atoms with E-state index in [1.807, 2.05) is 42.2 Å². The molecule has 2 saturated heterocycles. The fourth-order valence-corrected chi connectivity index (χ4v) is 4.47. The Kier molecular flexibility index (Phi) is 5.57. The highest BCUT2D eigenvalue weighted by Gasteiger charge is 2.40. The van der Waals surface area contributed by atoms with E-state index in [0.29, 0.717) is 31.3 Å². The lowest BCUT2D eigenvalue weighted by Crippen LogP contribution is -2.54. The number of anilines is 1. The van der Waals surface area contributed by atoms with Crippen LogP contribution < -0.4 is 4.90 Å². The molecule has 2 aliphatic rings. The van der Waals surface area contributed by atoms with Crippen molar-refractivity contribution in [2.75, 3.05) is 37.6 Å². The summed E-state index contributed by atoms with van der Waals surface area (Å²) in [6.07, 6.45) is 0.952. The summed E-state index contributed by atoms with van der Waals surface area (Å²) in [7, 11) is 0. The molecule has 2 aromatic rings. The van der Waals surface area contributed by atoms with Gasteiger partial charge in [0.2, 0.25) is 22.9 Å². The molecule has 0 bridgehead atoms. The zero-order valence-corrected chi connectivity index (χ0v) is 17.1. The fraction of sp³-hybridized carbons (Fsp3) is 0.450. The van der Waals surface area contributed by atoms with Crippen molar-refractivity contribution >= 4 is 34.2 Å². The lowest BCUT2D eigenvalue weighted by Gasteiger charge is -2.35. The zero-order chi connectivity index (χ0) is 20.4. The van der Waals surface area contributed by atoms with Gasteiger partial charge in [0.1, 0.15) is 5.01 Å². The number of nitrogens with zero attached hydrogens (tertiary/aromatic N) is 5. The molecule has 1 unspecified atom stereocenters. The Morgan fingerprint density at radius 3 is 2.62 bits per heavy atom. The molecular weight excluding hydrogens is 390 g/mol. The third-order valence-corrected chi connectivity index (χ3v) is 6.23. The van der Waals surface area contributed by atoms with Gasteiger partial charge in [-0.05, 0) is 18.9 Å². The van der Waals surface area contributed by atoms with Crippen LogP contribution in [-0.2, 0) is 20.8 Å². The van der Waals surface area contributed by atoms with Crippen molar-refractivity contribution in [1.82, 2.24) is 20.0 Å². The Morgan fingerprint density at radius 2 is 1.93 bits per heavy atom. The molecule has 152 valence electrons. The molecule has 1 aromatic carbocycles. The van der Waals surface area contributed by atoms with E-state index < -0.39 is 5.92 Å². The first-order chi connectivity index (χ1) is 14.0. The summed E-state index contributed by atoms with van der Waals surface area (Å²) in [6, 6.07) is 10.0. The molecule has 1 atom stereocenters. The van der Waals surface area contributed by atoms with Crippen LogP contribution in [0.25, 0.3) is 0 Å². The monoisotopic (exact) mass is 413 g/mol. The van der Waals surface area contributed by atoms with E-state index in [0.717, 1.165) is 11.4 Å². The molecule has 1 aromatic heterocycles. The Hall–Kier alpha value is -2.81. The van der Waals surface area contributed by atoms with Crippen molar-refractivity contribution in [3.05, 3.63) is 40.9 Å². The first-order valence-electron chi connectivity index (χ1n) is 9.72. The molecule has 0 radical (unpaired) electrons. The minimum absolute atomic E-state index is 0.0403. The first-order valence-corrected chi connectivity index (χ1v) is 10.5. The number of aromatic nitrogens is 2. The molecule has 0 aliphatic carbocycles. The van der Waals surface area contributed by atoms with Crippen LogP contribution in [0.5, 0.6) is 0 Å². The number of benzene rings is 1. The topological polar surface area (TPSA) is 86.7 Å². The van der Waals surface area contributed by atoms with Gasteiger partial charge in [-0.2, -0.15) is 0 Å². The second kappa shape index (κ2) is 8.28. The molecule has 2 fully saturated rings. The summed E-state index contributed by atoms with van der Waals surface area (Å²) in [5.74, 6) is -0.720. The molecule has 3 amide bonds. The molecule has 29 heavy (non-hydrogen) atoms. The molecule has 0 spiro atoms.